The van der Waals surface area contributed by atoms with E-state index in [0.717, 1.165) is 11.3 Å². The van der Waals surface area contributed by atoms with E-state index in [1.165, 1.54) is 0 Å². The second kappa shape index (κ2) is 8.08. The summed E-state index contributed by atoms with van der Waals surface area (Å²) in [7, 11) is 3.34. The van der Waals surface area contributed by atoms with E-state index in [0.29, 0.717) is 13.0 Å². The van der Waals surface area contributed by atoms with Crippen LogP contribution in [-0.2, 0) is 4.74 Å². The molecule has 0 aliphatic heterocycles. The van der Waals surface area contributed by atoms with Gasteiger partial charge in [0.05, 0.1) is 13.7 Å². The summed E-state index contributed by atoms with van der Waals surface area (Å²) in [5.41, 5.74) is 1.11. The van der Waals surface area contributed by atoms with Crippen LogP contribution < -0.4 is 10.1 Å². The molecule has 2 N–H and O–H groups in total. The zero-order valence-corrected chi connectivity index (χ0v) is 11.3. The van der Waals surface area contributed by atoms with Crippen molar-refractivity contribution < 1.29 is 14.6 Å². The van der Waals surface area contributed by atoms with Crippen LogP contribution in [0.2, 0.25) is 0 Å². The average Bonchev–Trinajstić information content (AvgIpc) is 2.39. The molecular formula is C14H23NO3. The van der Waals surface area contributed by atoms with E-state index in [1.807, 2.05) is 24.3 Å². The maximum Gasteiger partial charge on any atom is 0.123 e. The molecular weight excluding hydrogens is 230 g/mol. The number of aliphatic hydroxyl groups excluding tert-OH is 1. The van der Waals surface area contributed by atoms with Crippen LogP contribution >= 0.6 is 0 Å². The minimum Gasteiger partial charge on any atom is -0.496 e. The first-order valence-corrected chi connectivity index (χ1v) is 6.21. The van der Waals surface area contributed by atoms with Crippen LogP contribution in [0.3, 0.4) is 0 Å². The van der Waals surface area contributed by atoms with Gasteiger partial charge in [0.2, 0.25) is 0 Å². The second-order valence-corrected chi connectivity index (χ2v) is 4.29. The molecule has 0 aliphatic carbocycles. The summed E-state index contributed by atoms with van der Waals surface area (Å²) in [5, 5.41) is 12.5. The van der Waals surface area contributed by atoms with Crippen molar-refractivity contribution in [3.05, 3.63) is 29.8 Å². The van der Waals surface area contributed by atoms with Crippen molar-refractivity contribution in [3.63, 3.8) is 0 Å². The van der Waals surface area contributed by atoms with Crippen LogP contribution in [0.15, 0.2) is 24.3 Å². The molecule has 1 rings (SSSR count). The van der Waals surface area contributed by atoms with E-state index in [2.05, 4.69) is 12.2 Å². The van der Waals surface area contributed by atoms with Gasteiger partial charge in [-0.05, 0) is 19.4 Å². The molecule has 0 saturated carbocycles. The van der Waals surface area contributed by atoms with Gasteiger partial charge in [0.25, 0.3) is 0 Å². The highest BCUT2D eigenvalue weighted by Gasteiger charge is 2.15. The molecule has 4 heteroatoms. The van der Waals surface area contributed by atoms with E-state index >= 15 is 0 Å². The van der Waals surface area contributed by atoms with Gasteiger partial charge in [-0.2, -0.15) is 0 Å². The van der Waals surface area contributed by atoms with Gasteiger partial charge in [0, 0.05) is 31.4 Å². The second-order valence-electron chi connectivity index (χ2n) is 4.29. The van der Waals surface area contributed by atoms with E-state index in [-0.39, 0.29) is 18.7 Å². The summed E-state index contributed by atoms with van der Waals surface area (Å²) in [6, 6.07) is 8.22. The van der Waals surface area contributed by atoms with Gasteiger partial charge in [-0.25, -0.2) is 0 Å². The van der Waals surface area contributed by atoms with E-state index in [1.54, 1.807) is 14.2 Å². The summed E-state index contributed by atoms with van der Waals surface area (Å²) in [6.45, 7) is 2.82. The Balaban J connectivity index is 2.70. The van der Waals surface area contributed by atoms with E-state index in [4.69, 9.17) is 14.6 Å². The first-order valence-electron chi connectivity index (χ1n) is 6.21. The van der Waals surface area contributed by atoms with Crippen molar-refractivity contribution in [1.82, 2.24) is 5.32 Å². The maximum atomic E-state index is 9.03. The topological polar surface area (TPSA) is 50.7 Å². The lowest BCUT2D eigenvalue weighted by atomic mass is 10.1. The van der Waals surface area contributed by atoms with Crippen LogP contribution in [0, 0.1) is 0 Å². The van der Waals surface area contributed by atoms with Crippen LogP contribution in [0.4, 0.5) is 0 Å². The normalized spacial score (nSPS) is 14.2. The Hall–Kier alpha value is -1.10. The SMILES string of the molecule is COCC(CCO)NC(C)c1ccccc1OC. The van der Waals surface area contributed by atoms with Crippen molar-refractivity contribution in [2.45, 2.75) is 25.4 Å². The fourth-order valence-electron chi connectivity index (χ4n) is 2.04. The molecule has 1 aromatic rings. The maximum absolute atomic E-state index is 9.03. The standard InChI is InChI=1S/C14H23NO3/c1-11(15-12(8-9-16)10-17-2)13-6-4-5-7-14(13)18-3/h4-7,11-12,15-16H,8-10H2,1-3H3. The van der Waals surface area contributed by atoms with Crippen LogP contribution in [0.25, 0.3) is 0 Å². The number of aliphatic hydroxyl groups is 1. The Bertz CT molecular complexity index is 338. The van der Waals surface area contributed by atoms with Gasteiger partial charge in [-0.3, -0.25) is 0 Å². The van der Waals surface area contributed by atoms with Crippen molar-refractivity contribution >= 4 is 0 Å². The highest BCUT2D eigenvalue weighted by atomic mass is 16.5. The number of benzene rings is 1. The minimum atomic E-state index is 0.139. The smallest absolute Gasteiger partial charge is 0.123 e. The van der Waals surface area contributed by atoms with Gasteiger partial charge >= 0.3 is 0 Å². The molecule has 0 radical (unpaired) electrons. The molecule has 0 fully saturated rings. The van der Waals surface area contributed by atoms with Crippen molar-refractivity contribution in [3.8, 4) is 5.75 Å². The van der Waals surface area contributed by atoms with Gasteiger partial charge in [0.1, 0.15) is 5.75 Å². The largest absolute Gasteiger partial charge is 0.496 e. The summed E-state index contributed by atoms with van der Waals surface area (Å²) in [6.07, 6.45) is 0.674. The van der Waals surface area contributed by atoms with Gasteiger partial charge in [-0.1, -0.05) is 18.2 Å². The van der Waals surface area contributed by atoms with Crippen molar-refractivity contribution in [2.75, 3.05) is 27.4 Å². The molecule has 4 nitrogen and oxygen atoms in total. The molecule has 0 heterocycles. The van der Waals surface area contributed by atoms with E-state index < -0.39 is 0 Å². The first kappa shape index (κ1) is 15.0. The number of hydrogen-bond acceptors (Lipinski definition) is 4. The molecule has 0 saturated heterocycles. The lowest BCUT2D eigenvalue weighted by molar-refractivity contribution is 0.143. The molecule has 18 heavy (non-hydrogen) atoms. The zero-order valence-electron chi connectivity index (χ0n) is 11.3. The van der Waals surface area contributed by atoms with Crippen LogP contribution in [0.1, 0.15) is 24.9 Å². The molecule has 2 atom stereocenters. The third-order valence-electron chi connectivity index (χ3n) is 2.94. The molecule has 0 spiro atoms. The number of nitrogens with one attached hydrogen (secondary N) is 1. The lowest BCUT2D eigenvalue weighted by Crippen LogP contribution is -2.36. The van der Waals surface area contributed by atoms with Gasteiger partial charge in [-0.15, -0.1) is 0 Å². The van der Waals surface area contributed by atoms with Crippen LogP contribution in [0.5, 0.6) is 5.75 Å². The van der Waals surface area contributed by atoms with Crippen LogP contribution in [-0.4, -0.2) is 38.6 Å². The predicted octanol–water partition coefficient (Wildman–Crippen LogP) is 1.74. The Kier molecular flexibility index (Phi) is 6.72. The molecule has 1 aromatic carbocycles. The Labute approximate surface area is 109 Å². The highest BCUT2D eigenvalue weighted by molar-refractivity contribution is 5.35. The molecule has 0 aliphatic rings. The summed E-state index contributed by atoms with van der Waals surface area (Å²) in [4.78, 5) is 0. The first-order chi connectivity index (χ1) is 8.72. The summed E-state index contributed by atoms with van der Waals surface area (Å²) < 4.78 is 10.5. The Morgan fingerprint density at radius 2 is 2.00 bits per heavy atom. The van der Waals surface area contributed by atoms with Gasteiger partial charge in [0.15, 0.2) is 0 Å². The van der Waals surface area contributed by atoms with Gasteiger partial charge < -0.3 is 19.9 Å². The average molecular weight is 253 g/mol. The third-order valence-corrected chi connectivity index (χ3v) is 2.94. The fraction of sp³-hybridized carbons (Fsp3) is 0.571. The summed E-state index contributed by atoms with van der Waals surface area (Å²) in [5.74, 6) is 0.873. The minimum absolute atomic E-state index is 0.139. The number of hydrogen-bond donors (Lipinski definition) is 2. The monoisotopic (exact) mass is 253 g/mol. The number of methoxy groups -OCH3 is 2. The molecule has 2 unspecified atom stereocenters. The zero-order chi connectivity index (χ0) is 13.4. The Morgan fingerprint density at radius 3 is 2.61 bits per heavy atom. The molecule has 0 aromatic heterocycles. The lowest BCUT2D eigenvalue weighted by Gasteiger charge is -2.23. The van der Waals surface area contributed by atoms with E-state index in [9.17, 15) is 0 Å². The number of para-hydroxylation sites is 1. The fourth-order valence-corrected chi connectivity index (χ4v) is 2.04. The van der Waals surface area contributed by atoms with Crippen molar-refractivity contribution in [2.24, 2.45) is 0 Å². The molecule has 102 valence electrons. The highest BCUT2D eigenvalue weighted by Crippen LogP contribution is 2.24. The Morgan fingerprint density at radius 1 is 1.28 bits per heavy atom. The quantitative estimate of drug-likeness (QED) is 0.741. The third kappa shape index (κ3) is 4.29. The van der Waals surface area contributed by atoms with Crippen molar-refractivity contribution in [1.29, 1.82) is 0 Å². The number of ether oxygens (including phenoxy) is 2. The summed E-state index contributed by atoms with van der Waals surface area (Å²) >= 11 is 0. The number of rotatable bonds is 8. The molecule has 0 amide bonds. The molecule has 0 bridgehead atoms. The predicted molar refractivity (Wildman–Crippen MR) is 71.9 cm³/mol.